The summed E-state index contributed by atoms with van der Waals surface area (Å²) in [6.07, 6.45) is 1.03. The number of carbonyl (C=O) groups excluding carboxylic acids is 3. The number of imide groups is 1. The summed E-state index contributed by atoms with van der Waals surface area (Å²) >= 11 is 0. The zero-order chi connectivity index (χ0) is 22.1. The van der Waals surface area contributed by atoms with Crippen LogP contribution in [0.25, 0.3) is 0 Å². The predicted octanol–water partition coefficient (Wildman–Crippen LogP) is 2.92. The molecule has 2 heterocycles. The molecule has 31 heavy (non-hydrogen) atoms. The number of nitrogens with zero attached hydrogens (tertiary/aromatic N) is 2. The van der Waals surface area contributed by atoms with Crippen LogP contribution in [0.15, 0.2) is 36.4 Å². The van der Waals surface area contributed by atoms with Crippen molar-refractivity contribution in [3.8, 4) is 5.75 Å². The second kappa shape index (κ2) is 8.17. The van der Waals surface area contributed by atoms with E-state index in [0.717, 1.165) is 21.8 Å². The number of hydrogen-bond acceptors (Lipinski definition) is 6. The van der Waals surface area contributed by atoms with Gasteiger partial charge in [-0.15, -0.1) is 0 Å². The number of nitro groups is 1. The molecule has 2 aliphatic heterocycles. The molecule has 9 heteroatoms. The molecule has 2 aliphatic rings. The fraction of sp³-hybridized carbons (Fsp3) is 0.318. The highest BCUT2D eigenvalue weighted by atomic mass is 16.6. The van der Waals surface area contributed by atoms with E-state index >= 15 is 0 Å². The highest BCUT2D eigenvalue weighted by Gasteiger charge is 2.40. The SMILES string of the molecule is Cc1ccc2c(c1)C(NC(=O)CCCN1C(=O)c3cccc([N+](=O)[O-])c3C1=O)CCO2. The van der Waals surface area contributed by atoms with Gasteiger partial charge in [-0.25, -0.2) is 0 Å². The van der Waals surface area contributed by atoms with Crippen LogP contribution >= 0.6 is 0 Å². The zero-order valence-corrected chi connectivity index (χ0v) is 16.9. The van der Waals surface area contributed by atoms with Gasteiger partial charge >= 0.3 is 0 Å². The predicted molar refractivity (Wildman–Crippen MR) is 110 cm³/mol. The molecule has 0 aromatic heterocycles. The molecule has 0 radical (unpaired) electrons. The van der Waals surface area contributed by atoms with Gasteiger partial charge in [0.2, 0.25) is 5.91 Å². The largest absolute Gasteiger partial charge is 0.493 e. The van der Waals surface area contributed by atoms with Crippen LogP contribution in [0.1, 0.15) is 57.1 Å². The van der Waals surface area contributed by atoms with Crippen molar-refractivity contribution in [2.45, 2.75) is 32.2 Å². The second-order valence-corrected chi connectivity index (χ2v) is 7.62. The van der Waals surface area contributed by atoms with Crippen molar-refractivity contribution in [3.63, 3.8) is 0 Å². The number of amides is 3. The van der Waals surface area contributed by atoms with Crippen molar-refractivity contribution >= 4 is 23.4 Å². The van der Waals surface area contributed by atoms with Gasteiger partial charge < -0.3 is 10.1 Å². The summed E-state index contributed by atoms with van der Waals surface area (Å²) in [5.74, 6) is -0.698. The van der Waals surface area contributed by atoms with Gasteiger partial charge in [-0.3, -0.25) is 29.4 Å². The van der Waals surface area contributed by atoms with E-state index in [-0.39, 0.29) is 48.1 Å². The molecule has 1 N–H and O–H groups in total. The number of ether oxygens (including phenoxy) is 1. The minimum atomic E-state index is -0.693. The lowest BCUT2D eigenvalue weighted by Gasteiger charge is -2.27. The van der Waals surface area contributed by atoms with E-state index in [0.29, 0.717) is 13.0 Å². The van der Waals surface area contributed by atoms with Crippen LogP contribution < -0.4 is 10.1 Å². The van der Waals surface area contributed by atoms with E-state index in [1.54, 1.807) is 0 Å². The topological polar surface area (TPSA) is 119 Å². The summed E-state index contributed by atoms with van der Waals surface area (Å²) in [7, 11) is 0. The van der Waals surface area contributed by atoms with Crippen LogP contribution in [0.4, 0.5) is 5.69 Å². The van der Waals surface area contributed by atoms with Crippen LogP contribution in [0.5, 0.6) is 5.75 Å². The average molecular weight is 423 g/mol. The first kappa shape index (κ1) is 20.5. The number of rotatable bonds is 6. The molecular formula is C22H21N3O6. The van der Waals surface area contributed by atoms with Gasteiger partial charge in [0, 0.05) is 31.0 Å². The number of hydrogen-bond donors (Lipinski definition) is 1. The Bertz CT molecular complexity index is 1100. The average Bonchev–Trinajstić information content (AvgIpc) is 2.99. The maximum absolute atomic E-state index is 12.6. The Morgan fingerprint density at radius 3 is 2.84 bits per heavy atom. The van der Waals surface area contributed by atoms with E-state index in [1.165, 1.54) is 18.2 Å². The van der Waals surface area contributed by atoms with Gasteiger partial charge in [-0.2, -0.15) is 0 Å². The highest BCUT2D eigenvalue weighted by molar-refractivity contribution is 6.23. The number of benzene rings is 2. The summed E-state index contributed by atoms with van der Waals surface area (Å²) in [6, 6.07) is 9.67. The standard InChI is InChI=1S/C22H21N3O6/c1-13-7-8-18-15(12-13)16(9-11-31-18)23-19(26)6-3-10-24-21(27)14-4-2-5-17(25(29)30)20(14)22(24)28/h2,4-5,7-8,12,16H,3,6,9-11H2,1H3,(H,23,26). The lowest BCUT2D eigenvalue weighted by atomic mass is 9.98. The molecule has 1 unspecified atom stereocenters. The second-order valence-electron chi connectivity index (χ2n) is 7.62. The Morgan fingerprint density at radius 2 is 2.06 bits per heavy atom. The fourth-order valence-corrected chi connectivity index (χ4v) is 4.00. The first-order valence-corrected chi connectivity index (χ1v) is 10.0. The number of fused-ring (bicyclic) bond motifs is 2. The maximum Gasteiger partial charge on any atom is 0.282 e. The molecule has 2 aromatic carbocycles. The van der Waals surface area contributed by atoms with Crippen molar-refractivity contribution in [3.05, 3.63) is 68.8 Å². The number of nitrogens with one attached hydrogen (secondary N) is 1. The summed E-state index contributed by atoms with van der Waals surface area (Å²) in [4.78, 5) is 49.0. The zero-order valence-electron chi connectivity index (χ0n) is 16.9. The fourth-order valence-electron chi connectivity index (χ4n) is 4.00. The Kier molecular flexibility index (Phi) is 5.41. The van der Waals surface area contributed by atoms with Gasteiger partial charge in [-0.1, -0.05) is 23.8 Å². The van der Waals surface area contributed by atoms with Gasteiger partial charge in [0.15, 0.2) is 0 Å². The van der Waals surface area contributed by atoms with Gasteiger partial charge in [0.05, 0.1) is 23.1 Å². The van der Waals surface area contributed by atoms with E-state index in [9.17, 15) is 24.5 Å². The van der Waals surface area contributed by atoms with Gasteiger partial charge in [-0.05, 0) is 25.5 Å². The third-order valence-electron chi connectivity index (χ3n) is 5.50. The highest BCUT2D eigenvalue weighted by Crippen LogP contribution is 2.33. The van der Waals surface area contributed by atoms with Crippen LogP contribution in [-0.4, -0.2) is 40.7 Å². The molecule has 0 bridgehead atoms. The van der Waals surface area contributed by atoms with Gasteiger partial charge in [0.1, 0.15) is 11.3 Å². The first-order valence-electron chi connectivity index (χ1n) is 10.0. The lowest BCUT2D eigenvalue weighted by molar-refractivity contribution is -0.385. The number of nitro benzene ring substituents is 1. The van der Waals surface area contributed by atoms with Crippen molar-refractivity contribution < 1.29 is 24.0 Å². The third-order valence-corrected chi connectivity index (χ3v) is 5.50. The summed E-state index contributed by atoms with van der Waals surface area (Å²) in [6.45, 7) is 2.50. The monoisotopic (exact) mass is 423 g/mol. The van der Waals surface area contributed by atoms with Gasteiger partial charge in [0.25, 0.3) is 17.5 Å². The molecule has 0 aliphatic carbocycles. The van der Waals surface area contributed by atoms with Crippen LogP contribution in [0.2, 0.25) is 0 Å². The maximum atomic E-state index is 12.6. The van der Waals surface area contributed by atoms with E-state index < -0.39 is 16.7 Å². The summed E-state index contributed by atoms with van der Waals surface area (Å²) in [5.41, 5.74) is 1.47. The number of aryl methyl sites for hydroxylation is 1. The normalized spacial score (nSPS) is 17.1. The third kappa shape index (κ3) is 3.86. The molecule has 160 valence electrons. The lowest BCUT2D eigenvalue weighted by Crippen LogP contribution is -2.34. The van der Waals surface area contributed by atoms with Crippen LogP contribution in [0, 0.1) is 17.0 Å². The molecule has 0 saturated carbocycles. The van der Waals surface area contributed by atoms with E-state index in [1.807, 2.05) is 25.1 Å². The number of carbonyl (C=O) groups is 3. The minimum absolute atomic E-state index is 0.0143. The van der Waals surface area contributed by atoms with Crippen LogP contribution in [0.3, 0.4) is 0 Å². The molecule has 3 amide bonds. The molecule has 0 spiro atoms. The molecule has 0 fully saturated rings. The molecule has 1 atom stereocenters. The molecule has 9 nitrogen and oxygen atoms in total. The minimum Gasteiger partial charge on any atom is -0.493 e. The Labute approximate surface area is 178 Å². The Balaban J connectivity index is 1.36. The Hall–Kier alpha value is -3.75. The molecular weight excluding hydrogens is 402 g/mol. The van der Waals surface area contributed by atoms with E-state index in [2.05, 4.69) is 5.32 Å². The molecule has 0 saturated heterocycles. The summed E-state index contributed by atoms with van der Waals surface area (Å²) in [5, 5.41) is 14.2. The van der Waals surface area contributed by atoms with Crippen LogP contribution in [-0.2, 0) is 4.79 Å². The molecule has 4 rings (SSSR count). The van der Waals surface area contributed by atoms with Crippen molar-refractivity contribution in [2.24, 2.45) is 0 Å². The van der Waals surface area contributed by atoms with Crippen molar-refractivity contribution in [1.29, 1.82) is 0 Å². The quantitative estimate of drug-likeness (QED) is 0.433. The van der Waals surface area contributed by atoms with Crippen molar-refractivity contribution in [1.82, 2.24) is 10.2 Å². The summed E-state index contributed by atoms with van der Waals surface area (Å²) < 4.78 is 5.64. The smallest absolute Gasteiger partial charge is 0.282 e. The van der Waals surface area contributed by atoms with E-state index in [4.69, 9.17) is 4.74 Å². The Morgan fingerprint density at radius 1 is 1.26 bits per heavy atom. The van der Waals surface area contributed by atoms with Crippen molar-refractivity contribution in [2.75, 3.05) is 13.2 Å². The molecule has 2 aromatic rings. The first-order chi connectivity index (χ1) is 14.9.